The molecular weight excluding hydrogens is 318 g/mol. The van der Waals surface area contributed by atoms with Crippen LogP contribution in [0, 0.1) is 0 Å². The second kappa shape index (κ2) is 7.75. The maximum atomic E-state index is 6.42. The van der Waals surface area contributed by atoms with E-state index in [1.807, 2.05) is 0 Å². The van der Waals surface area contributed by atoms with Crippen molar-refractivity contribution in [1.29, 1.82) is 0 Å². The van der Waals surface area contributed by atoms with Gasteiger partial charge >= 0.3 is 0 Å². The van der Waals surface area contributed by atoms with Crippen LogP contribution < -0.4 is 16.4 Å². The molecule has 3 aromatic carbocycles. The topological polar surface area (TPSA) is 50.1 Å². The van der Waals surface area contributed by atoms with Crippen molar-refractivity contribution in [3.05, 3.63) is 59.7 Å². The van der Waals surface area contributed by atoms with Crippen molar-refractivity contribution < 1.29 is 0 Å². The summed E-state index contributed by atoms with van der Waals surface area (Å²) >= 11 is 0. The van der Waals surface area contributed by atoms with Crippen LogP contribution in [0.2, 0.25) is 0 Å². The highest BCUT2D eigenvalue weighted by atomic mass is 15.0. The van der Waals surface area contributed by atoms with E-state index in [0.29, 0.717) is 5.92 Å². The first kappa shape index (κ1) is 17.5. The highest BCUT2D eigenvalue weighted by molar-refractivity contribution is 6.08. The molecule has 0 saturated carbocycles. The molecule has 0 amide bonds. The second-order valence-corrected chi connectivity index (χ2v) is 7.54. The lowest BCUT2D eigenvalue weighted by molar-refractivity contribution is 0.517. The molecule has 4 N–H and O–H groups in total. The fourth-order valence-electron chi connectivity index (χ4n) is 4.30. The molecule has 136 valence electrons. The minimum absolute atomic E-state index is 0.186. The lowest BCUT2D eigenvalue weighted by Crippen LogP contribution is -2.39. The molecule has 3 heteroatoms. The molecule has 0 spiro atoms. The second-order valence-electron chi connectivity index (χ2n) is 7.54. The lowest BCUT2D eigenvalue weighted by atomic mass is 9.78. The van der Waals surface area contributed by atoms with E-state index in [0.717, 1.165) is 32.6 Å². The van der Waals surface area contributed by atoms with Gasteiger partial charge in [0.15, 0.2) is 0 Å². The van der Waals surface area contributed by atoms with E-state index in [-0.39, 0.29) is 6.04 Å². The molecule has 3 aromatic rings. The van der Waals surface area contributed by atoms with E-state index in [1.54, 1.807) is 0 Å². The Morgan fingerprint density at radius 1 is 0.769 bits per heavy atom. The number of hydrogen-bond donors (Lipinski definition) is 3. The fraction of sp³-hybridized carbons (Fsp3) is 0.391. The molecular formula is C23H29N3. The summed E-state index contributed by atoms with van der Waals surface area (Å²) in [6.45, 7) is 6.87. The summed E-state index contributed by atoms with van der Waals surface area (Å²) in [6.07, 6.45) is 2.30. The quantitative estimate of drug-likeness (QED) is 0.537. The van der Waals surface area contributed by atoms with Crippen LogP contribution in [0.1, 0.15) is 42.9 Å². The number of fused-ring (bicyclic) bond motifs is 5. The number of hydrogen-bond acceptors (Lipinski definition) is 3. The normalized spacial score (nSPS) is 22.5. The fourth-order valence-corrected chi connectivity index (χ4v) is 4.30. The molecule has 0 bridgehead atoms. The van der Waals surface area contributed by atoms with Gasteiger partial charge in [0.1, 0.15) is 0 Å². The van der Waals surface area contributed by atoms with Gasteiger partial charge in [-0.3, -0.25) is 0 Å². The van der Waals surface area contributed by atoms with E-state index in [4.69, 9.17) is 5.73 Å². The Kier molecular flexibility index (Phi) is 5.21. The van der Waals surface area contributed by atoms with Crippen molar-refractivity contribution in [2.75, 3.05) is 26.2 Å². The molecule has 5 rings (SSSR count). The van der Waals surface area contributed by atoms with Gasteiger partial charge in [0, 0.05) is 32.2 Å². The maximum Gasteiger partial charge on any atom is 0.0304 e. The third kappa shape index (κ3) is 3.35. The first-order valence-electron chi connectivity index (χ1n) is 9.87. The van der Waals surface area contributed by atoms with Crippen LogP contribution in [0.3, 0.4) is 0 Å². The van der Waals surface area contributed by atoms with E-state index in [9.17, 15) is 0 Å². The van der Waals surface area contributed by atoms with Crippen LogP contribution >= 0.6 is 0 Å². The van der Waals surface area contributed by atoms with Gasteiger partial charge < -0.3 is 16.4 Å². The van der Waals surface area contributed by atoms with Crippen molar-refractivity contribution in [2.24, 2.45) is 5.73 Å². The summed E-state index contributed by atoms with van der Waals surface area (Å²) in [6, 6.07) is 17.9. The molecule has 1 fully saturated rings. The maximum absolute atomic E-state index is 6.42. The molecule has 0 aromatic heterocycles. The summed E-state index contributed by atoms with van der Waals surface area (Å²) in [5.41, 5.74) is 9.25. The number of nitrogens with two attached hydrogens (primary N) is 1. The average Bonchev–Trinajstić information content (AvgIpc) is 2.72. The van der Waals surface area contributed by atoms with Crippen LogP contribution in [0.5, 0.6) is 0 Å². The molecule has 2 unspecified atom stereocenters. The molecule has 2 atom stereocenters. The average molecular weight is 348 g/mol. The Morgan fingerprint density at radius 2 is 1.46 bits per heavy atom. The van der Waals surface area contributed by atoms with Gasteiger partial charge in [-0.25, -0.2) is 0 Å². The summed E-state index contributed by atoms with van der Waals surface area (Å²) in [5, 5.41) is 11.8. The van der Waals surface area contributed by atoms with Crippen LogP contribution in [0.4, 0.5) is 0 Å². The van der Waals surface area contributed by atoms with E-state index in [1.165, 1.54) is 39.1 Å². The number of benzene rings is 3. The monoisotopic (exact) mass is 347 g/mol. The summed E-state index contributed by atoms with van der Waals surface area (Å²) in [5.74, 6) is 0.626. The van der Waals surface area contributed by atoms with Gasteiger partial charge in [-0.2, -0.15) is 0 Å². The summed E-state index contributed by atoms with van der Waals surface area (Å²) < 4.78 is 0. The molecule has 2 aliphatic rings. The van der Waals surface area contributed by atoms with Gasteiger partial charge in [-0.1, -0.05) is 55.5 Å². The van der Waals surface area contributed by atoms with Gasteiger partial charge in [0.25, 0.3) is 0 Å². The first-order chi connectivity index (χ1) is 12.8. The minimum atomic E-state index is 0.186. The summed E-state index contributed by atoms with van der Waals surface area (Å²) in [7, 11) is 0. The molecule has 1 heterocycles. The van der Waals surface area contributed by atoms with E-state index in [2.05, 4.69) is 66.1 Å². The Bertz CT molecular complexity index is 887. The third-order valence-corrected chi connectivity index (χ3v) is 5.77. The third-order valence-electron chi connectivity index (χ3n) is 5.77. The molecule has 1 aliphatic carbocycles. The zero-order valence-corrected chi connectivity index (χ0v) is 15.6. The van der Waals surface area contributed by atoms with Crippen molar-refractivity contribution in [1.82, 2.24) is 10.6 Å². The van der Waals surface area contributed by atoms with Crippen molar-refractivity contribution >= 4 is 21.5 Å². The first-order valence-corrected chi connectivity index (χ1v) is 9.87. The zero-order chi connectivity index (χ0) is 17.9. The van der Waals surface area contributed by atoms with Crippen LogP contribution in [-0.2, 0) is 0 Å². The Balaban J connectivity index is 0.000000240. The molecule has 1 saturated heterocycles. The minimum Gasteiger partial charge on any atom is -0.324 e. The van der Waals surface area contributed by atoms with E-state index < -0.39 is 0 Å². The van der Waals surface area contributed by atoms with Crippen LogP contribution in [-0.4, -0.2) is 26.2 Å². The molecule has 3 nitrogen and oxygen atoms in total. The van der Waals surface area contributed by atoms with Crippen LogP contribution in [0.25, 0.3) is 21.5 Å². The van der Waals surface area contributed by atoms with Gasteiger partial charge in [0.05, 0.1) is 0 Å². The number of nitrogens with one attached hydrogen (secondary N) is 2. The highest BCUT2D eigenvalue weighted by Gasteiger charge is 2.24. The number of rotatable bonds is 0. The van der Waals surface area contributed by atoms with Crippen molar-refractivity contribution in [2.45, 2.75) is 31.7 Å². The van der Waals surface area contributed by atoms with Crippen LogP contribution in [0.15, 0.2) is 48.5 Å². The SMILES string of the molecule is C1CNCCN1.CC1CCC(N)c2c1ccc1c2ccc2ccccc21. The number of piperazine rings is 1. The zero-order valence-electron chi connectivity index (χ0n) is 15.6. The predicted molar refractivity (Wildman–Crippen MR) is 112 cm³/mol. The molecule has 26 heavy (non-hydrogen) atoms. The van der Waals surface area contributed by atoms with Crippen molar-refractivity contribution in [3.63, 3.8) is 0 Å². The summed E-state index contributed by atoms with van der Waals surface area (Å²) in [4.78, 5) is 0. The van der Waals surface area contributed by atoms with Crippen molar-refractivity contribution in [3.8, 4) is 0 Å². The Morgan fingerprint density at radius 3 is 2.19 bits per heavy atom. The smallest absolute Gasteiger partial charge is 0.0304 e. The molecule has 1 aliphatic heterocycles. The Hall–Kier alpha value is -1.94. The highest BCUT2D eigenvalue weighted by Crippen LogP contribution is 2.41. The van der Waals surface area contributed by atoms with Gasteiger partial charge in [-0.05, 0) is 51.4 Å². The standard InChI is InChI=1S/C19H19N.C4H10N2/c1-12-6-11-18(20)19-14(12)9-10-16-15-5-3-2-4-13(15)7-8-17(16)19;1-2-6-4-3-5-1/h2-5,7-10,12,18H,6,11,20H2,1H3;5-6H,1-4H2. The largest absolute Gasteiger partial charge is 0.324 e. The lowest BCUT2D eigenvalue weighted by Gasteiger charge is -2.29. The molecule has 0 radical (unpaired) electrons. The van der Waals surface area contributed by atoms with E-state index >= 15 is 0 Å². The van der Waals surface area contributed by atoms with Gasteiger partial charge in [0.2, 0.25) is 0 Å². The Labute approximate surface area is 156 Å². The predicted octanol–water partition coefficient (Wildman–Crippen LogP) is 4.07. The van der Waals surface area contributed by atoms with Gasteiger partial charge in [-0.15, -0.1) is 0 Å².